The third-order valence-corrected chi connectivity index (χ3v) is 6.17. The lowest BCUT2D eigenvalue weighted by Gasteiger charge is -2.36. The van der Waals surface area contributed by atoms with Gasteiger partial charge in [0.25, 0.3) is 0 Å². The van der Waals surface area contributed by atoms with E-state index in [9.17, 15) is 9.59 Å². The van der Waals surface area contributed by atoms with Gasteiger partial charge in [0.2, 0.25) is 11.8 Å². The van der Waals surface area contributed by atoms with Crippen LogP contribution in [0.3, 0.4) is 0 Å². The number of amides is 2. The van der Waals surface area contributed by atoms with Gasteiger partial charge in [-0.2, -0.15) is 0 Å². The maximum Gasteiger partial charge on any atom is 0.248 e. The topological polar surface area (TPSA) is 61.9 Å². The molecule has 1 fully saturated rings. The second kappa shape index (κ2) is 11.6. The van der Waals surface area contributed by atoms with E-state index in [2.05, 4.69) is 40.0 Å². The van der Waals surface area contributed by atoms with Crippen LogP contribution in [0, 0.1) is 5.92 Å². The van der Waals surface area contributed by atoms with Gasteiger partial charge in [0.05, 0.1) is 17.8 Å². The van der Waals surface area contributed by atoms with Crippen molar-refractivity contribution in [1.82, 2.24) is 4.90 Å². The van der Waals surface area contributed by atoms with Crippen LogP contribution in [0.5, 0.6) is 5.75 Å². The quantitative estimate of drug-likeness (QED) is 0.479. The number of carbonyl (C=O) groups excluding carboxylic acids is 2. The summed E-state index contributed by atoms with van der Waals surface area (Å²) in [4.78, 5) is 28.8. The van der Waals surface area contributed by atoms with Gasteiger partial charge in [-0.25, -0.2) is 0 Å². The van der Waals surface area contributed by atoms with E-state index in [1.807, 2.05) is 35.2 Å². The SMILES string of the molecule is COc1ccc(Br)cc1/C=C/C(=O)Nc1ccc(N2CCN(C(=O)CC(C)C)CC2)c(Cl)c1. The second-order valence-electron chi connectivity index (χ2n) is 8.34. The maximum absolute atomic E-state index is 12.4. The van der Waals surface area contributed by atoms with E-state index >= 15 is 0 Å². The molecular weight excluding hydrogens is 506 g/mol. The lowest BCUT2D eigenvalue weighted by Crippen LogP contribution is -2.49. The normalized spacial score (nSPS) is 14.1. The Morgan fingerprint density at radius 3 is 2.52 bits per heavy atom. The molecule has 1 N–H and O–H groups in total. The van der Waals surface area contributed by atoms with E-state index in [0.29, 0.717) is 41.9 Å². The summed E-state index contributed by atoms with van der Waals surface area (Å²) in [6, 6.07) is 11.1. The minimum absolute atomic E-state index is 0.211. The molecule has 1 saturated heterocycles. The summed E-state index contributed by atoms with van der Waals surface area (Å²) in [7, 11) is 1.59. The van der Waals surface area contributed by atoms with Crippen molar-refractivity contribution in [1.29, 1.82) is 0 Å². The standard InChI is InChI=1S/C25H29BrClN3O3/c1-17(2)14-25(32)30-12-10-29(11-13-30)22-7-6-20(16-21(22)27)28-24(31)9-4-18-15-19(26)5-8-23(18)33-3/h4-9,15-17H,10-14H2,1-3H3,(H,28,31)/b9-4+. The first-order valence-electron chi connectivity index (χ1n) is 10.9. The molecule has 3 rings (SSSR count). The molecule has 2 amide bonds. The van der Waals surface area contributed by atoms with Crippen molar-refractivity contribution in [2.24, 2.45) is 5.92 Å². The molecule has 1 aliphatic rings. The fourth-order valence-corrected chi connectivity index (χ4v) is 4.38. The van der Waals surface area contributed by atoms with Crippen molar-refractivity contribution in [2.45, 2.75) is 20.3 Å². The third-order valence-electron chi connectivity index (χ3n) is 5.38. The monoisotopic (exact) mass is 533 g/mol. The van der Waals surface area contributed by atoms with E-state index < -0.39 is 0 Å². The average molecular weight is 535 g/mol. The van der Waals surface area contributed by atoms with Crippen LogP contribution in [-0.2, 0) is 9.59 Å². The Hall–Kier alpha value is -2.51. The highest BCUT2D eigenvalue weighted by Gasteiger charge is 2.23. The molecule has 2 aromatic rings. The first kappa shape index (κ1) is 25.1. The number of carbonyl (C=O) groups is 2. The van der Waals surface area contributed by atoms with Crippen LogP contribution in [0.15, 0.2) is 46.9 Å². The number of methoxy groups -OCH3 is 1. The number of piperazine rings is 1. The number of anilines is 2. The Balaban J connectivity index is 1.59. The van der Waals surface area contributed by atoms with E-state index in [0.717, 1.165) is 28.8 Å². The fraction of sp³-hybridized carbons (Fsp3) is 0.360. The molecule has 0 saturated carbocycles. The lowest BCUT2D eigenvalue weighted by molar-refractivity contribution is -0.132. The summed E-state index contributed by atoms with van der Waals surface area (Å²) in [5, 5.41) is 3.40. The number of halogens is 2. The zero-order valence-electron chi connectivity index (χ0n) is 19.1. The molecule has 176 valence electrons. The Morgan fingerprint density at radius 2 is 1.88 bits per heavy atom. The van der Waals surface area contributed by atoms with Gasteiger partial charge in [-0.05, 0) is 48.4 Å². The summed E-state index contributed by atoms with van der Waals surface area (Å²) in [5.74, 6) is 0.986. The van der Waals surface area contributed by atoms with E-state index in [4.69, 9.17) is 16.3 Å². The van der Waals surface area contributed by atoms with Crippen LogP contribution >= 0.6 is 27.5 Å². The second-order valence-corrected chi connectivity index (χ2v) is 9.66. The van der Waals surface area contributed by atoms with Crippen molar-refractivity contribution in [3.05, 3.63) is 57.5 Å². The van der Waals surface area contributed by atoms with Gasteiger partial charge in [0.1, 0.15) is 5.75 Å². The lowest BCUT2D eigenvalue weighted by atomic mass is 10.1. The number of nitrogens with zero attached hydrogens (tertiary/aromatic N) is 2. The molecule has 0 aromatic heterocycles. The minimum atomic E-state index is -0.266. The molecule has 1 heterocycles. The average Bonchev–Trinajstić information content (AvgIpc) is 2.77. The first-order valence-corrected chi connectivity index (χ1v) is 12.1. The third kappa shape index (κ3) is 6.98. The molecule has 0 unspecified atom stereocenters. The van der Waals surface area contributed by atoms with Crippen molar-refractivity contribution in [3.63, 3.8) is 0 Å². The van der Waals surface area contributed by atoms with Gasteiger partial charge >= 0.3 is 0 Å². The van der Waals surface area contributed by atoms with E-state index in [1.165, 1.54) is 6.08 Å². The van der Waals surface area contributed by atoms with Crippen LogP contribution in [0.2, 0.25) is 5.02 Å². The van der Waals surface area contributed by atoms with Crippen molar-refractivity contribution < 1.29 is 14.3 Å². The fourth-order valence-electron chi connectivity index (χ4n) is 3.70. The smallest absolute Gasteiger partial charge is 0.248 e. The predicted molar refractivity (Wildman–Crippen MR) is 138 cm³/mol. The molecule has 0 spiro atoms. The van der Waals surface area contributed by atoms with Gasteiger partial charge in [0, 0.05) is 54.4 Å². The Morgan fingerprint density at radius 1 is 1.15 bits per heavy atom. The highest BCUT2D eigenvalue weighted by Crippen LogP contribution is 2.30. The zero-order valence-corrected chi connectivity index (χ0v) is 21.4. The van der Waals surface area contributed by atoms with Gasteiger partial charge in [-0.3, -0.25) is 9.59 Å². The number of ether oxygens (including phenoxy) is 1. The van der Waals surface area contributed by atoms with Crippen molar-refractivity contribution in [2.75, 3.05) is 43.5 Å². The van der Waals surface area contributed by atoms with E-state index in [1.54, 1.807) is 19.3 Å². The highest BCUT2D eigenvalue weighted by atomic mass is 79.9. The number of benzene rings is 2. The molecule has 0 aliphatic carbocycles. The Kier molecular flexibility index (Phi) is 8.80. The summed E-state index contributed by atoms with van der Waals surface area (Å²) in [6.07, 6.45) is 3.74. The van der Waals surface area contributed by atoms with Gasteiger partial charge in [0.15, 0.2) is 0 Å². The Labute approximate surface area is 208 Å². The minimum Gasteiger partial charge on any atom is -0.496 e. The number of nitrogens with one attached hydrogen (secondary N) is 1. The highest BCUT2D eigenvalue weighted by molar-refractivity contribution is 9.10. The molecular formula is C25H29BrClN3O3. The van der Waals surface area contributed by atoms with Crippen LogP contribution < -0.4 is 15.0 Å². The number of rotatable bonds is 7. The van der Waals surface area contributed by atoms with Gasteiger partial charge < -0.3 is 19.9 Å². The molecule has 0 radical (unpaired) electrons. The van der Waals surface area contributed by atoms with Crippen LogP contribution in [-0.4, -0.2) is 50.0 Å². The maximum atomic E-state index is 12.4. The molecule has 0 atom stereocenters. The van der Waals surface area contributed by atoms with Gasteiger partial charge in [-0.15, -0.1) is 0 Å². The summed E-state index contributed by atoms with van der Waals surface area (Å²) in [6.45, 7) is 6.94. The molecule has 1 aliphatic heterocycles. The molecule has 0 bridgehead atoms. The Bertz CT molecular complexity index is 1030. The molecule has 8 heteroatoms. The summed E-state index contributed by atoms with van der Waals surface area (Å²) < 4.78 is 6.23. The van der Waals surface area contributed by atoms with E-state index in [-0.39, 0.29) is 11.8 Å². The molecule has 6 nitrogen and oxygen atoms in total. The van der Waals surface area contributed by atoms with Gasteiger partial charge in [-0.1, -0.05) is 41.4 Å². The zero-order chi connectivity index (χ0) is 24.0. The molecule has 33 heavy (non-hydrogen) atoms. The number of hydrogen-bond donors (Lipinski definition) is 1. The number of hydrogen-bond acceptors (Lipinski definition) is 4. The predicted octanol–water partition coefficient (Wildman–Crippen LogP) is 5.46. The molecule has 2 aromatic carbocycles. The van der Waals surface area contributed by atoms with Crippen molar-refractivity contribution in [3.8, 4) is 5.75 Å². The van der Waals surface area contributed by atoms with Crippen molar-refractivity contribution >= 4 is 56.8 Å². The summed E-state index contributed by atoms with van der Waals surface area (Å²) >= 11 is 9.96. The van der Waals surface area contributed by atoms with Crippen LogP contribution in [0.1, 0.15) is 25.8 Å². The first-order chi connectivity index (χ1) is 15.8. The largest absolute Gasteiger partial charge is 0.496 e. The summed E-state index contributed by atoms with van der Waals surface area (Å²) in [5.41, 5.74) is 2.31. The van der Waals surface area contributed by atoms with Crippen LogP contribution in [0.4, 0.5) is 11.4 Å². The van der Waals surface area contributed by atoms with Crippen LogP contribution in [0.25, 0.3) is 6.08 Å².